The molecule has 3 heterocycles. The van der Waals surface area contributed by atoms with Crippen LogP contribution in [0, 0.1) is 0 Å². The molecule has 0 saturated carbocycles. The van der Waals surface area contributed by atoms with Crippen LogP contribution in [0.25, 0.3) is 22.4 Å². The number of nitrogens with one attached hydrogen (secondary N) is 1. The van der Waals surface area contributed by atoms with Crippen LogP contribution < -0.4 is 5.32 Å². The highest BCUT2D eigenvalue weighted by Crippen LogP contribution is 2.34. The van der Waals surface area contributed by atoms with Crippen LogP contribution in [0.1, 0.15) is 41.2 Å². The topological polar surface area (TPSA) is 63.6 Å². The zero-order valence-corrected chi connectivity index (χ0v) is 17.9. The van der Waals surface area contributed by atoms with Crippen LogP contribution in [0.4, 0.5) is 0 Å². The first-order valence-electron chi connectivity index (χ1n) is 10.6. The SMILES string of the molecule is C=C(N[C@@H](C)c1ccccc1)c1ncc(C2=CCc3ncc(-c4ccncc4)cc32)cn1. The highest BCUT2D eigenvalue weighted by molar-refractivity contribution is 5.85. The lowest BCUT2D eigenvalue weighted by Crippen LogP contribution is -2.18. The highest BCUT2D eigenvalue weighted by atomic mass is 15.0. The van der Waals surface area contributed by atoms with Crippen molar-refractivity contribution in [2.45, 2.75) is 19.4 Å². The molecular weight excluding hydrogens is 394 g/mol. The third kappa shape index (κ3) is 3.93. The number of nitrogens with zero attached hydrogens (tertiary/aromatic N) is 4. The fraction of sp³-hybridized carbons (Fsp3) is 0.111. The van der Waals surface area contributed by atoms with Gasteiger partial charge in [0.05, 0.1) is 11.4 Å². The summed E-state index contributed by atoms with van der Waals surface area (Å²) in [7, 11) is 0. The van der Waals surface area contributed by atoms with E-state index in [2.05, 4.69) is 63.0 Å². The fourth-order valence-electron chi connectivity index (χ4n) is 3.95. The zero-order valence-electron chi connectivity index (χ0n) is 17.9. The van der Waals surface area contributed by atoms with Gasteiger partial charge in [-0.05, 0) is 41.8 Å². The van der Waals surface area contributed by atoms with E-state index in [0.717, 1.165) is 39.9 Å². The van der Waals surface area contributed by atoms with Gasteiger partial charge in [-0.1, -0.05) is 43.0 Å². The third-order valence-electron chi connectivity index (χ3n) is 5.70. The summed E-state index contributed by atoms with van der Waals surface area (Å²) in [5.41, 5.74) is 8.36. The molecule has 4 aromatic rings. The van der Waals surface area contributed by atoms with Crippen molar-refractivity contribution in [3.63, 3.8) is 0 Å². The van der Waals surface area contributed by atoms with Crippen molar-refractivity contribution in [1.82, 2.24) is 25.3 Å². The maximum Gasteiger partial charge on any atom is 0.174 e. The van der Waals surface area contributed by atoms with Gasteiger partial charge in [0.15, 0.2) is 5.82 Å². The molecule has 1 atom stereocenters. The van der Waals surface area contributed by atoms with Gasteiger partial charge >= 0.3 is 0 Å². The number of hydrogen-bond acceptors (Lipinski definition) is 5. The van der Waals surface area contributed by atoms with Crippen LogP contribution in [0.2, 0.25) is 0 Å². The third-order valence-corrected chi connectivity index (χ3v) is 5.70. The molecule has 5 nitrogen and oxygen atoms in total. The van der Waals surface area contributed by atoms with Gasteiger partial charge in [0.1, 0.15) is 0 Å². The van der Waals surface area contributed by atoms with Crippen LogP contribution in [-0.4, -0.2) is 19.9 Å². The Morgan fingerprint density at radius 3 is 2.38 bits per heavy atom. The van der Waals surface area contributed by atoms with Crippen LogP contribution >= 0.6 is 0 Å². The lowest BCUT2D eigenvalue weighted by atomic mass is 10.00. The summed E-state index contributed by atoms with van der Waals surface area (Å²) < 4.78 is 0. The lowest BCUT2D eigenvalue weighted by molar-refractivity contribution is 0.696. The number of hydrogen-bond donors (Lipinski definition) is 1. The van der Waals surface area contributed by atoms with Gasteiger partial charge in [-0.3, -0.25) is 9.97 Å². The first kappa shape index (κ1) is 19.8. The van der Waals surface area contributed by atoms with Gasteiger partial charge in [0.2, 0.25) is 0 Å². The molecule has 1 N–H and O–H groups in total. The Kier molecular flexibility index (Phi) is 5.30. The molecule has 32 heavy (non-hydrogen) atoms. The van der Waals surface area contributed by atoms with Gasteiger partial charge < -0.3 is 5.32 Å². The molecule has 1 aliphatic carbocycles. The highest BCUT2D eigenvalue weighted by Gasteiger charge is 2.19. The smallest absolute Gasteiger partial charge is 0.174 e. The Hall–Kier alpha value is -4.12. The molecule has 5 heteroatoms. The molecule has 0 spiro atoms. The maximum absolute atomic E-state index is 4.68. The van der Waals surface area contributed by atoms with Crippen LogP contribution in [0.3, 0.4) is 0 Å². The average molecular weight is 418 g/mol. The summed E-state index contributed by atoms with van der Waals surface area (Å²) in [5, 5.41) is 3.39. The predicted molar refractivity (Wildman–Crippen MR) is 127 cm³/mol. The number of fused-ring (bicyclic) bond motifs is 1. The first-order chi connectivity index (χ1) is 15.7. The summed E-state index contributed by atoms with van der Waals surface area (Å²) in [5.74, 6) is 0.596. The van der Waals surface area contributed by atoms with E-state index in [9.17, 15) is 0 Å². The molecule has 0 saturated heterocycles. The Bertz CT molecular complexity index is 1280. The minimum absolute atomic E-state index is 0.120. The Morgan fingerprint density at radius 1 is 0.906 bits per heavy atom. The normalized spacial score (nSPS) is 13.2. The number of rotatable bonds is 6. The van der Waals surface area contributed by atoms with Crippen molar-refractivity contribution in [3.8, 4) is 11.1 Å². The minimum Gasteiger partial charge on any atom is -0.376 e. The Labute approximate surface area is 187 Å². The maximum atomic E-state index is 4.68. The zero-order chi connectivity index (χ0) is 21.9. The summed E-state index contributed by atoms with van der Waals surface area (Å²) in [6.07, 6.45) is 12.2. The van der Waals surface area contributed by atoms with Crippen molar-refractivity contribution in [2.75, 3.05) is 0 Å². The Morgan fingerprint density at radius 2 is 1.62 bits per heavy atom. The standard InChI is InChI=1S/C27H23N5/c1-18(20-6-4-3-5-7-20)32-19(2)27-30-16-23(17-31-27)24-8-9-26-25(24)14-22(15-29-26)21-10-12-28-13-11-21/h3-8,10-18,32H,2,9H2,1H3/t18-/m0/s1. The molecule has 0 unspecified atom stereocenters. The summed E-state index contributed by atoms with van der Waals surface area (Å²) in [4.78, 5) is 17.9. The van der Waals surface area contributed by atoms with Crippen molar-refractivity contribution < 1.29 is 0 Å². The Balaban J connectivity index is 1.35. The van der Waals surface area contributed by atoms with Crippen LogP contribution in [0.15, 0.2) is 92.2 Å². The van der Waals surface area contributed by atoms with Crippen LogP contribution in [0.5, 0.6) is 0 Å². The van der Waals surface area contributed by atoms with Gasteiger partial charge in [-0.15, -0.1) is 0 Å². The fourth-order valence-corrected chi connectivity index (χ4v) is 3.95. The van der Waals surface area contributed by atoms with Crippen molar-refractivity contribution in [2.24, 2.45) is 0 Å². The van der Waals surface area contributed by atoms with E-state index in [1.807, 2.05) is 48.9 Å². The van der Waals surface area contributed by atoms with Crippen molar-refractivity contribution in [3.05, 3.63) is 120 Å². The largest absolute Gasteiger partial charge is 0.376 e. The van der Waals surface area contributed by atoms with E-state index in [0.29, 0.717) is 11.5 Å². The summed E-state index contributed by atoms with van der Waals surface area (Å²) >= 11 is 0. The van der Waals surface area contributed by atoms with E-state index in [-0.39, 0.29) is 6.04 Å². The van der Waals surface area contributed by atoms with Gasteiger partial charge in [0, 0.05) is 60.1 Å². The second kappa shape index (κ2) is 8.55. The van der Waals surface area contributed by atoms with E-state index < -0.39 is 0 Å². The molecule has 0 aliphatic heterocycles. The molecule has 1 aliphatic rings. The summed E-state index contributed by atoms with van der Waals surface area (Å²) in [6, 6.07) is 16.6. The van der Waals surface area contributed by atoms with Crippen molar-refractivity contribution in [1.29, 1.82) is 0 Å². The molecule has 156 valence electrons. The molecule has 3 aromatic heterocycles. The predicted octanol–water partition coefficient (Wildman–Crippen LogP) is 5.24. The molecule has 0 amide bonds. The number of allylic oxidation sites excluding steroid dienone is 1. The monoisotopic (exact) mass is 417 g/mol. The molecule has 1 aromatic carbocycles. The van der Waals surface area contributed by atoms with Crippen LogP contribution in [-0.2, 0) is 6.42 Å². The molecule has 5 rings (SSSR count). The van der Waals surface area contributed by atoms with E-state index in [1.54, 1.807) is 12.4 Å². The van der Waals surface area contributed by atoms with Crippen molar-refractivity contribution >= 4 is 11.3 Å². The van der Waals surface area contributed by atoms with E-state index in [1.165, 1.54) is 5.56 Å². The molecule has 0 bridgehead atoms. The second-order valence-corrected chi connectivity index (χ2v) is 7.83. The minimum atomic E-state index is 0.120. The van der Waals surface area contributed by atoms with E-state index >= 15 is 0 Å². The van der Waals surface area contributed by atoms with E-state index in [4.69, 9.17) is 0 Å². The molecular formula is C27H23N5. The van der Waals surface area contributed by atoms with Gasteiger partial charge in [0.25, 0.3) is 0 Å². The second-order valence-electron chi connectivity index (χ2n) is 7.83. The quantitative estimate of drug-likeness (QED) is 0.465. The number of pyridine rings is 2. The van der Waals surface area contributed by atoms with Gasteiger partial charge in [-0.2, -0.15) is 0 Å². The first-order valence-corrected chi connectivity index (χ1v) is 10.6. The number of benzene rings is 1. The molecule has 0 fully saturated rings. The molecule has 0 radical (unpaired) electrons. The van der Waals surface area contributed by atoms with Gasteiger partial charge in [-0.25, -0.2) is 9.97 Å². The lowest BCUT2D eigenvalue weighted by Gasteiger charge is -2.17. The number of aromatic nitrogens is 4. The average Bonchev–Trinajstić information content (AvgIpc) is 3.28. The summed E-state index contributed by atoms with van der Waals surface area (Å²) in [6.45, 7) is 6.23.